The first-order chi connectivity index (χ1) is 9.61. The van der Waals surface area contributed by atoms with Gasteiger partial charge < -0.3 is 10.3 Å². The van der Waals surface area contributed by atoms with Gasteiger partial charge in [-0.25, -0.2) is 9.37 Å². The zero-order valence-electron chi connectivity index (χ0n) is 10.9. The predicted molar refractivity (Wildman–Crippen MR) is 79.0 cm³/mol. The van der Waals surface area contributed by atoms with Crippen molar-refractivity contribution in [1.29, 1.82) is 0 Å². The number of nitrogens with two attached hydrogens (primary N) is 1. The number of hydrogen-bond donors (Lipinski definition) is 1. The smallest absolute Gasteiger partial charge is 0.145 e. The zero-order chi connectivity index (χ0) is 14.3. The molecule has 0 aliphatic carbocycles. The van der Waals surface area contributed by atoms with E-state index < -0.39 is 0 Å². The van der Waals surface area contributed by atoms with Crippen LogP contribution in [-0.4, -0.2) is 9.55 Å². The SMILES string of the molecule is Cn1c(-c2c(F)cccc2Cl)nc2cc(CN)ccc21. The summed E-state index contributed by atoms with van der Waals surface area (Å²) in [6, 6.07) is 10.4. The molecule has 0 aliphatic heterocycles. The molecule has 1 aromatic heterocycles. The Hall–Kier alpha value is -1.91. The van der Waals surface area contributed by atoms with Crippen LogP contribution in [0, 0.1) is 5.82 Å². The number of halogens is 2. The van der Waals surface area contributed by atoms with Gasteiger partial charge in [0.25, 0.3) is 0 Å². The van der Waals surface area contributed by atoms with Crippen LogP contribution in [0.3, 0.4) is 0 Å². The van der Waals surface area contributed by atoms with E-state index in [2.05, 4.69) is 4.98 Å². The summed E-state index contributed by atoms with van der Waals surface area (Å²) in [7, 11) is 1.84. The average Bonchev–Trinajstić information content (AvgIpc) is 2.75. The summed E-state index contributed by atoms with van der Waals surface area (Å²) in [5.41, 5.74) is 8.63. The minimum absolute atomic E-state index is 0.321. The lowest BCUT2D eigenvalue weighted by molar-refractivity contribution is 0.629. The first kappa shape index (κ1) is 13.1. The van der Waals surface area contributed by atoms with Crippen LogP contribution in [0.1, 0.15) is 5.56 Å². The van der Waals surface area contributed by atoms with Crippen molar-refractivity contribution in [2.75, 3.05) is 0 Å². The maximum absolute atomic E-state index is 14.0. The number of nitrogens with zero attached hydrogens (tertiary/aromatic N) is 2. The van der Waals surface area contributed by atoms with E-state index >= 15 is 0 Å². The second-order valence-corrected chi connectivity index (χ2v) is 5.03. The summed E-state index contributed by atoms with van der Waals surface area (Å²) >= 11 is 6.11. The summed E-state index contributed by atoms with van der Waals surface area (Å²) in [4.78, 5) is 4.50. The predicted octanol–water partition coefficient (Wildman–Crippen LogP) is 3.49. The van der Waals surface area contributed by atoms with E-state index in [1.165, 1.54) is 6.07 Å². The summed E-state index contributed by atoms with van der Waals surface area (Å²) in [5, 5.41) is 0.349. The number of aryl methyl sites for hydroxylation is 1. The monoisotopic (exact) mass is 289 g/mol. The van der Waals surface area contributed by atoms with Gasteiger partial charge in [-0.2, -0.15) is 0 Å². The van der Waals surface area contributed by atoms with Crippen LogP contribution in [-0.2, 0) is 13.6 Å². The quantitative estimate of drug-likeness (QED) is 0.785. The molecule has 3 rings (SSSR count). The highest BCUT2D eigenvalue weighted by molar-refractivity contribution is 6.33. The van der Waals surface area contributed by atoms with Gasteiger partial charge in [-0.1, -0.05) is 23.7 Å². The van der Waals surface area contributed by atoms with Crippen molar-refractivity contribution < 1.29 is 4.39 Å². The first-order valence-corrected chi connectivity index (χ1v) is 6.59. The van der Waals surface area contributed by atoms with Crippen molar-refractivity contribution >= 4 is 22.6 Å². The van der Waals surface area contributed by atoms with Gasteiger partial charge in [-0.15, -0.1) is 0 Å². The van der Waals surface area contributed by atoms with Gasteiger partial charge in [0.15, 0.2) is 0 Å². The van der Waals surface area contributed by atoms with E-state index in [1.807, 2.05) is 29.8 Å². The van der Waals surface area contributed by atoms with Crippen molar-refractivity contribution in [3.05, 3.63) is 52.8 Å². The first-order valence-electron chi connectivity index (χ1n) is 6.21. The highest BCUT2D eigenvalue weighted by Gasteiger charge is 2.16. The van der Waals surface area contributed by atoms with E-state index in [0.717, 1.165) is 16.6 Å². The second kappa shape index (κ2) is 4.89. The summed E-state index contributed by atoms with van der Waals surface area (Å²) in [6.45, 7) is 0.447. The standard InChI is InChI=1S/C15H13ClFN3/c1-20-13-6-5-9(8-18)7-12(13)19-15(20)14-10(16)3-2-4-11(14)17/h2-7H,8,18H2,1H3. The second-order valence-electron chi connectivity index (χ2n) is 4.62. The molecule has 3 nitrogen and oxygen atoms in total. The van der Waals surface area contributed by atoms with Crippen molar-refractivity contribution in [3.63, 3.8) is 0 Å². The van der Waals surface area contributed by atoms with Crippen molar-refractivity contribution in [2.45, 2.75) is 6.54 Å². The molecule has 0 unspecified atom stereocenters. The number of imidazole rings is 1. The van der Waals surface area contributed by atoms with Crippen LogP contribution in [0.4, 0.5) is 4.39 Å². The molecule has 102 valence electrons. The highest BCUT2D eigenvalue weighted by atomic mass is 35.5. The molecule has 0 radical (unpaired) electrons. The van der Waals surface area contributed by atoms with Crippen molar-refractivity contribution in [3.8, 4) is 11.4 Å². The highest BCUT2D eigenvalue weighted by Crippen LogP contribution is 2.31. The number of benzene rings is 2. The largest absolute Gasteiger partial charge is 0.327 e. The lowest BCUT2D eigenvalue weighted by Crippen LogP contribution is -1.96. The zero-order valence-corrected chi connectivity index (χ0v) is 11.7. The number of aromatic nitrogens is 2. The van der Waals surface area contributed by atoms with Crippen molar-refractivity contribution in [1.82, 2.24) is 9.55 Å². The molecule has 0 saturated heterocycles. The molecule has 0 aliphatic rings. The van der Waals surface area contributed by atoms with Gasteiger partial charge in [0.05, 0.1) is 21.6 Å². The molecule has 1 heterocycles. The molecule has 0 fully saturated rings. The van der Waals surface area contributed by atoms with Crippen LogP contribution >= 0.6 is 11.6 Å². The topological polar surface area (TPSA) is 43.8 Å². The Bertz CT molecular complexity index is 775. The van der Waals surface area contributed by atoms with E-state index in [1.54, 1.807) is 12.1 Å². The number of rotatable bonds is 2. The van der Waals surface area contributed by atoms with E-state index in [9.17, 15) is 4.39 Å². The molecule has 0 bridgehead atoms. The van der Waals surface area contributed by atoms with Crippen molar-refractivity contribution in [2.24, 2.45) is 12.8 Å². The fourth-order valence-electron chi connectivity index (χ4n) is 2.31. The molecule has 3 aromatic rings. The van der Waals surface area contributed by atoms with Gasteiger partial charge in [-0.3, -0.25) is 0 Å². The van der Waals surface area contributed by atoms with Crippen LogP contribution in [0.2, 0.25) is 5.02 Å². The molecule has 0 spiro atoms. The molecule has 0 saturated carbocycles. The van der Waals surface area contributed by atoms with Gasteiger partial charge in [-0.05, 0) is 29.8 Å². The molecule has 0 atom stereocenters. The fraction of sp³-hybridized carbons (Fsp3) is 0.133. The number of hydrogen-bond acceptors (Lipinski definition) is 2. The Morgan fingerprint density at radius 2 is 2.10 bits per heavy atom. The fourth-order valence-corrected chi connectivity index (χ4v) is 2.55. The van der Waals surface area contributed by atoms with Gasteiger partial charge in [0, 0.05) is 13.6 Å². The van der Waals surface area contributed by atoms with Gasteiger partial charge >= 0.3 is 0 Å². The van der Waals surface area contributed by atoms with E-state index in [4.69, 9.17) is 17.3 Å². The Balaban J connectivity index is 2.29. The summed E-state index contributed by atoms with van der Waals surface area (Å²) in [5.74, 6) is 0.132. The maximum Gasteiger partial charge on any atom is 0.145 e. The number of fused-ring (bicyclic) bond motifs is 1. The maximum atomic E-state index is 14.0. The molecule has 2 N–H and O–H groups in total. The molecule has 5 heteroatoms. The van der Waals surface area contributed by atoms with Gasteiger partial charge in [0.2, 0.25) is 0 Å². The Morgan fingerprint density at radius 1 is 1.30 bits per heavy atom. The molecular formula is C15H13ClFN3. The van der Waals surface area contributed by atoms with Crippen LogP contribution in [0.25, 0.3) is 22.4 Å². The minimum atomic E-state index is -0.380. The third-order valence-electron chi connectivity index (χ3n) is 3.37. The average molecular weight is 290 g/mol. The van der Waals surface area contributed by atoms with Crippen LogP contribution in [0.5, 0.6) is 0 Å². The molecule has 0 amide bonds. The van der Waals surface area contributed by atoms with Crippen LogP contribution < -0.4 is 5.73 Å². The minimum Gasteiger partial charge on any atom is -0.327 e. The lowest BCUT2D eigenvalue weighted by atomic mass is 10.2. The normalized spacial score (nSPS) is 11.2. The Labute approximate surface area is 120 Å². The van der Waals surface area contributed by atoms with E-state index in [0.29, 0.717) is 23.0 Å². The van der Waals surface area contributed by atoms with Gasteiger partial charge in [0.1, 0.15) is 11.6 Å². The molecule has 2 aromatic carbocycles. The molecular weight excluding hydrogens is 277 g/mol. The Morgan fingerprint density at radius 3 is 2.80 bits per heavy atom. The third kappa shape index (κ3) is 1.97. The van der Waals surface area contributed by atoms with Crippen LogP contribution in [0.15, 0.2) is 36.4 Å². The van der Waals surface area contributed by atoms with E-state index in [-0.39, 0.29) is 5.82 Å². The third-order valence-corrected chi connectivity index (χ3v) is 3.68. The lowest BCUT2D eigenvalue weighted by Gasteiger charge is -2.06. The molecule has 20 heavy (non-hydrogen) atoms. The summed E-state index contributed by atoms with van der Waals surface area (Å²) < 4.78 is 15.9. The summed E-state index contributed by atoms with van der Waals surface area (Å²) in [6.07, 6.45) is 0. The Kier molecular flexibility index (Phi) is 3.20.